The molecule has 0 unspecified atom stereocenters. The molecule has 1 aromatic rings. The van der Waals surface area contributed by atoms with Gasteiger partial charge in [0.05, 0.1) is 12.8 Å². The molecule has 0 heterocycles. The van der Waals surface area contributed by atoms with Crippen molar-refractivity contribution < 1.29 is 19.7 Å². The van der Waals surface area contributed by atoms with Gasteiger partial charge in [0, 0.05) is 0 Å². The molecule has 1 amide bonds. The molecule has 17 heavy (non-hydrogen) atoms. The highest BCUT2D eigenvalue weighted by Gasteiger charge is 2.02. The number of nitrogens with zero attached hydrogens (tertiary/aromatic N) is 1. The lowest BCUT2D eigenvalue weighted by atomic mass is 10.2. The number of nitrogens with one attached hydrogen (secondary N) is 1. The van der Waals surface area contributed by atoms with Gasteiger partial charge in [0.2, 0.25) is 0 Å². The number of hydrogen-bond acceptors (Lipinski definition) is 5. The molecule has 0 saturated carbocycles. The lowest BCUT2D eigenvalue weighted by molar-refractivity contribution is -0.123. The van der Waals surface area contributed by atoms with E-state index < -0.39 is 12.5 Å². The number of amides is 1. The second kappa shape index (κ2) is 6.49. The molecule has 0 saturated heterocycles. The van der Waals surface area contributed by atoms with Crippen LogP contribution in [-0.2, 0) is 4.79 Å². The molecule has 1 aromatic carbocycles. The van der Waals surface area contributed by atoms with Gasteiger partial charge in [0.25, 0.3) is 5.91 Å². The molecule has 6 heteroatoms. The summed E-state index contributed by atoms with van der Waals surface area (Å²) in [4.78, 5) is 10.7. The number of aliphatic hydroxyl groups is 1. The largest absolute Gasteiger partial charge is 0.504 e. The summed E-state index contributed by atoms with van der Waals surface area (Å²) < 4.78 is 5.19. The van der Waals surface area contributed by atoms with Crippen molar-refractivity contribution in [1.82, 2.24) is 5.43 Å². The molecule has 92 valence electrons. The first-order chi connectivity index (χ1) is 8.17. The fourth-order valence-corrected chi connectivity index (χ4v) is 1.10. The molecule has 0 aliphatic carbocycles. The number of carbonyl (C=O) groups excluding carboxylic acids is 1. The van der Waals surface area contributed by atoms with E-state index in [0.29, 0.717) is 17.9 Å². The quantitative estimate of drug-likeness (QED) is 0.506. The molecular weight excluding hydrogens is 224 g/mol. The first-order valence-corrected chi connectivity index (χ1v) is 5.06. The smallest absolute Gasteiger partial charge is 0.265 e. The first kappa shape index (κ1) is 13.0. The lowest BCUT2D eigenvalue weighted by Crippen LogP contribution is -2.20. The van der Waals surface area contributed by atoms with Crippen LogP contribution in [0.2, 0.25) is 0 Å². The Hall–Kier alpha value is -2.08. The SMILES string of the molecule is CCOc1cc(C=NNC(=O)CO)ccc1O. The van der Waals surface area contributed by atoms with Crippen LogP contribution in [0.15, 0.2) is 23.3 Å². The van der Waals surface area contributed by atoms with Crippen LogP contribution >= 0.6 is 0 Å². The van der Waals surface area contributed by atoms with E-state index in [2.05, 4.69) is 10.5 Å². The van der Waals surface area contributed by atoms with Crippen LogP contribution in [-0.4, -0.2) is 35.5 Å². The highest BCUT2D eigenvalue weighted by molar-refractivity contribution is 5.83. The highest BCUT2D eigenvalue weighted by atomic mass is 16.5. The van der Waals surface area contributed by atoms with Crippen LogP contribution in [0.3, 0.4) is 0 Å². The van der Waals surface area contributed by atoms with E-state index in [9.17, 15) is 9.90 Å². The molecule has 1 rings (SSSR count). The number of phenolic OH excluding ortho intramolecular Hbond substituents is 1. The Morgan fingerprint density at radius 2 is 2.35 bits per heavy atom. The Balaban J connectivity index is 2.71. The van der Waals surface area contributed by atoms with E-state index in [-0.39, 0.29) is 5.75 Å². The molecule has 0 bridgehead atoms. The molecule has 0 fully saturated rings. The van der Waals surface area contributed by atoms with Gasteiger partial charge in [-0.2, -0.15) is 5.10 Å². The zero-order chi connectivity index (χ0) is 12.7. The summed E-state index contributed by atoms with van der Waals surface area (Å²) >= 11 is 0. The van der Waals surface area contributed by atoms with E-state index in [1.54, 1.807) is 12.1 Å². The number of benzene rings is 1. The van der Waals surface area contributed by atoms with Gasteiger partial charge in [-0.3, -0.25) is 4.79 Å². The van der Waals surface area contributed by atoms with Crippen molar-refractivity contribution in [2.75, 3.05) is 13.2 Å². The monoisotopic (exact) mass is 238 g/mol. The third-order valence-corrected chi connectivity index (χ3v) is 1.83. The first-order valence-electron chi connectivity index (χ1n) is 5.06. The van der Waals surface area contributed by atoms with E-state index >= 15 is 0 Å². The minimum absolute atomic E-state index is 0.0448. The van der Waals surface area contributed by atoms with Gasteiger partial charge in [-0.05, 0) is 30.7 Å². The van der Waals surface area contributed by atoms with E-state index in [1.807, 2.05) is 6.92 Å². The van der Waals surface area contributed by atoms with Crippen molar-refractivity contribution in [3.63, 3.8) is 0 Å². The molecule has 6 nitrogen and oxygen atoms in total. The number of hydrazone groups is 1. The third-order valence-electron chi connectivity index (χ3n) is 1.83. The number of phenols is 1. The van der Waals surface area contributed by atoms with Crippen LogP contribution in [0, 0.1) is 0 Å². The predicted molar refractivity (Wildman–Crippen MR) is 62.1 cm³/mol. The Labute approximate surface area is 98.5 Å². The normalized spacial score (nSPS) is 10.5. The highest BCUT2D eigenvalue weighted by Crippen LogP contribution is 2.25. The minimum Gasteiger partial charge on any atom is -0.504 e. The Bertz CT molecular complexity index is 418. The topological polar surface area (TPSA) is 91.2 Å². The summed E-state index contributed by atoms with van der Waals surface area (Å²) in [7, 11) is 0. The molecule has 0 aliphatic rings. The van der Waals surface area contributed by atoms with Crippen molar-refractivity contribution in [2.45, 2.75) is 6.92 Å². The summed E-state index contributed by atoms with van der Waals surface area (Å²) in [6.45, 7) is 1.63. The van der Waals surface area contributed by atoms with Gasteiger partial charge in [-0.25, -0.2) is 5.43 Å². The van der Waals surface area contributed by atoms with Crippen molar-refractivity contribution >= 4 is 12.1 Å². The Kier molecular flexibility index (Phi) is 4.96. The maximum atomic E-state index is 10.7. The molecule has 0 atom stereocenters. The van der Waals surface area contributed by atoms with Crippen LogP contribution < -0.4 is 10.2 Å². The summed E-state index contributed by atoms with van der Waals surface area (Å²) in [5.41, 5.74) is 2.78. The summed E-state index contributed by atoms with van der Waals surface area (Å²) in [5.74, 6) is -0.196. The van der Waals surface area contributed by atoms with Gasteiger partial charge in [-0.15, -0.1) is 0 Å². The van der Waals surface area contributed by atoms with E-state index in [4.69, 9.17) is 9.84 Å². The Morgan fingerprint density at radius 3 is 3.00 bits per heavy atom. The average Bonchev–Trinajstić information content (AvgIpc) is 2.33. The van der Waals surface area contributed by atoms with Gasteiger partial charge in [0.1, 0.15) is 6.61 Å². The van der Waals surface area contributed by atoms with Crippen molar-refractivity contribution in [3.8, 4) is 11.5 Å². The van der Waals surface area contributed by atoms with Crippen molar-refractivity contribution in [1.29, 1.82) is 0 Å². The fourth-order valence-electron chi connectivity index (χ4n) is 1.10. The predicted octanol–water partition coefficient (Wildman–Crippen LogP) is 0.233. The third kappa shape index (κ3) is 4.12. The molecule has 0 aromatic heterocycles. The summed E-state index contributed by atoms with van der Waals surface area (Å²) in [6.07, 6.45) is 1.38. The second-order valence-corrected chi connectivity index (χ2v) is 3.11. The van der Waals surface area contributed by atoms with Gasteiger partial charge >= 0.3 is 0 Å². The maximum Gasteiger partial charge on any atom is 0.265 e. The van der Waals surface area contributed by atoms with Crippen LogP contribution in [0.25, 0.3) is 0 Å². The second-order valence-electron chi connectivity index (χ2n) is 3.11. The molecule has 3 N–H and O–H groups in total. The molecular formula is C11H14N2O4. The molecule has 0 aliphatic heterocycles. The van der Waals surface area contributed by atoms with Crippen LogP contribution in [0.5, 0.6) is 11.5 Å². The van der Waals surface area contributed by atoms with Crippen molar-refractivity contribution in [3.05, 3.63) is 23.8 Å². The van der Waals surface area contributed by atoms with E-state index in [0.717, 1.165) is 0 Å². The number of carbonyl (C=O) groups is 1. The number of aliphatic hydroxyl groups excluding tert-OH is 1. The van der Waals surface area contributed by atoms with Gasteiger partial charge in [-0.1, -0.05) is 0 Å². The maximum absolute atomic E-state index is 10.7. The number of hydrogen-bond donors (Lipinski definition) is 3. The zero-order valence-corrected chi connectivity index (χ0v) is 9.38. The lowest BCUT2D eigenvalue weighted by Gasteiger charge is -2.05. The summed E-state index contributed by atoms with van der Waals surface area (Å²) in [6, 6.07) is 4.68. The molecule has 0 spiro atoms. The Morgan fingerprint density at radius 1 is 1.59 bits per heavy atom. The van der Waals surface area contributed by atoms with Crippen LogP contribution in [0.1, 0.15) is 12.5 Å². The number of aromatic hydroxyl groups is 1. The summed E-state index contributed by atoms with van der Waals surface area (Å²) in [5, 5.41) is 21.5. The fraction of sp³-hybridized carbons (Fsp3) is 0.273. The van der Waals surface area contributed by atoms with Crippen LogP contribution in [0.4, 0.5) is 0 Å². The van der Waals surface area contributed by atoms with Crippen molar-refractivity contribution in [2.24, 2.45) is 5.10 Å². The number of rotatable bonds is 5. The zero-order valence-electron chi connectivity index (χ0n) is 9.38. The van der Waals surface area contributed by atoms with E-state index in [1.165, 1.54) is 12.3 Å². The number of ether oxygens (including phenoxy) is 1. The standard InChI is InChI=1S/C11H14N2O4/c1-2-17-10-5-8(3-4-9(10)15)6-12-13-11(16)7-14/h3-6,14-15H,2,7H2,1H3,(H,13,16). The van der Waals surface area contributed by atoms with Gasteiger partial charge in [0.15, 0.2) is 11.5 Å². The average molecular weight is 238 g/mol. The molecule has 0 radical (unpaired) electrons. The minimum atomic E-state index is -0.614. The van der Waals surface area contributed by atoms with Gasteiger partial charge < -0.3 is 14.9 Å².